The van der Waals surface area contributed by atoms with Gasteiger partial charge in [0.25, 0.3) is 0 Å². The van der Waals surface area contributed by atoms with Gasteiger partial charge in [-0.25, -0.2) is 4.39 Å². The summed E-state index contributed by atoms with van der Waals surface area (Å²) in [6.07, 6.45) is 2.17. The summed E-state index contributed by atoms with van der Waals surface area (Å²) in [6, 6.07) is 1.54. The van der Waals surface area contributed by atoms with Crippen molar-refractivity contribution >= 4 is 15.9 Å². The molecule has 0 aliphatic heterocycles. The summed E-state index contributed by atoms with van der Waals surface area (Å²) in [7, 11) is 0. The van der Waals surface area contributed by atoms with E-state index in [0.717, 1.165) is 34.0 Å². The predicted octanol–water partition coefficient (Wildman–Crippen LogP) is 3.20. The maximum atomic E-state index is 13.6. The van der Waals surface area contributed by atoms with E-state index in [1.165, 1.54) is 0 Å². The minimum Gasteiger partial charge on any atom is -0.330 e. The Kier molecular flexibility index (Phi) is 2.63. The van der Waals surface area contributed by atoms with Gasteiger partial charge in [-0.05, 0) is 49.4 Å². The molecule has 15 heavy (non-hydrogen) atoms. The highest BCUT2D eigenvalue weighted by molar-refractivity contribution is 9.10. The summed E-state index contributed by atoms with van der Waals surface area (Å²) in [5.74, 6) is -0.137. The van der Waals surface area contributed by atoms with Gasteiger partial charge >= 0.3 is 0 Å². The molecular formula is C12H15BrFN. The largest absolute Gasteiger partial charge is 0.330 e. The highest BCUT2D eigenvalue weighted by Gasteiger charge is 2.45. The lowest BCUT2D eigenvalue weighted by molar-refractivity contribution is 0.601. The zero-order valence-electron chi connectivity index (χ0n) is 9.03. The first-order valence-electron chi connectivity index (χ1n) is 5.17. The lowest BCUT2D eigenvalue weighted by atomic mass is 9.88. The van der Waals surface area contributed by atoms with Crippen LogP contribution in [-0.2, 0) is 5.41 Å². The van der Waals surface area contributed by atoms with Crippen LogP contribution in [0.1, 0.15) is 29.5 Å². The fourth-order valence-corrected chi connectivity index (χ4v) is 2.75. The van der Waals surface area contributed by atoms with E-state index < -0.39 is 0 Å². The van der Waals surface area contributed by atoms with Crippen molar-refractivity contribution < 1.29 is 4.39 Å². The molecule has 1 aromatic rings. The number of halogens is 2. The number of hydrogen-bond donors (Lipinski definition) is 1. The van der Waals surface area contributed by atoms with Gasteiger partial charge in [0.2, 0.25) is 0 Å². The van der Waals surface area contributed by atoms with E-state index in [2.05, 4.69) is 15.9 Å². The third-order valence-electron chi connectivity index (χ3n) is 3.49. The Bertz CT molecular complexity index is 384. The molecule has 0 atom stereocenters. The molecule has 0 aromatic heterocycles. The van der Waals surface area contributed by atoms with E-state index in [0.29, 0.717) is 6.54 Å². The maximum Gasteiger partial charge on any atom is 0.127 e. The van der Waals surface area contributed by atoms with Gasteiger partial charge in [-0.2, -0.15) is 0 Å². The summed E-state index contributed by atoms with van der Waals surface area (Å²) in [4.78, 5) is 0. The van der Waals surface area contributed by atoms with E-state index in [-0.39, 0.29) is 11.2 Å². The minimum absolute atomic E-state index is 0.0544. The molecule has 1 nitrogen and oxygen atoms in total. The first-order valence-corrected chi connectivity index (χ1v) is 5.97. The number of rotatable bonds is 2. The maximum absolute atomic E-state index is 13.6. The predicted molar refractivity (Wildman–Crippen MR) is 63.5 cm³/mol. The molecule has 1 fully saturated rings. The van der Waals surface area contributed by atoms with Crippen LogP contribution in [-0.4, -0.2) is 6.54 Å². The van der Waals surface area contributed by atoms with E-state index in [9.17, 15) is 4.39 Å². The Hall–Kier alpha value is -0.410. The van der Waals surface area contributed by atoms with Crippen molar-refractivity contribution in [3.05, 3.63) is 33.0 Å². The Balaban J connectivity index is 2.64. The lowest BCUT2D eigenvalue weighted by Crippen LogP contribution is -2.22. The zero-order valence-corrected chi connectivity index (χ0v) is 10.6. The highest BCUT2D eigenvalue weighted by Crippen LogP contribution is 2.50. The summed E-state index contributed by atoms with van der Waals surface area (Å²) >= 11 is 3.40. The monoisotopic (exact) mass is 271 g/mol. The average Bonchev–Trinajstić information content (AvgIpc) is 2.96. The van der Waals surface area contributed by atoms with E-state index in [1.807, 2.05) is 13.8 Å². The van der Waals surface area contributed by atoms with Crippen LogP contribution in [0, 0.1) is 19.7 Å². The highest BCUT2D eigenvalue weighted by atomic mass is 79.9. The first-order chi connectivity index (χ1) is 7.02. The third kappa shape index (κ3) is 1.62. The standard InChI is InChI=1S/C12H15BrFN/c1-7-9(13)5-10(14)8(2)11(7)12(6-15)3-4-12/h5H,3-4,6,15H2,1-2H3. The van der Waals surface area contributed by atoms with Crippen LogP contribution >= 0.6 is 15.9 Å². The molecule has 3 heteroatoms. The quantitative estimate of drug-likeness (QED) is 0.879. The molecule has 1 saturated carbocycles. The van der Waals surface area contributed by atoms with E-state index in [4.69, 9.17) is 5.73 Å². The van der Waals surface area contributed by atoms with Crippen molar-refractivity contribution in [3.63, 3.8) is 0 Å². The third-order valence-corrected chi connectivity index (χ3v) is 4.32. The van der Waals surface area contributed by atoms with Crippen LogP contribution in [0.25, 0.3) is 0 Å². The normalized spacial score (nSPS) is 17.9. The molecular weight excluding hydrogens is 257 g/mol. The van der Waals surface area contributed by atoms with Gasteiger partial charge in [0.15, 0.2) is 0 Å². The fraction of sp³-hybridized carbons (Fsp3) is 0.500. The Labute approximate surface area is 98.0 Å². The van der Waals surface area contributed by atoms with Gasteiger partial charge in [-0.1, -0.05) is 15.9 Å². The van der Waals surface area contributed by atoms with E-state index in [1.54, 1.807) is 6.07 Å². The second-order valence-corrected chi connectivity index (χ2v) is 5.30. The summed E-state index contributed by atoms with van der Waals surface area (Å²) in [5, 5.41) is 0. The van der Waals surface area contributed by atoms with E-state index >= 15 is 0 Å². The fourth-order valence-electron chi connectivity index (χ4n) is 2.35. The molecule has 0 heterocycles. The van der Waals surface area contributed by atoms with Crippen LogP contribution in [0.3, 0.4) is 0 Å². The van der Waals surface area contributed by atoms with Crippen molar-refractivity contribution in [2.24, 2.45) is 5.73 Å². The van der Waals surface area contributed by atoms with Crippen LogP contribution in [0.5, 0.6) is 0 Å². The van der Waals surface area contributed by atoms with Crippen molar-refractivity contribution in [1.82, 2.24) is 0 Å². The van der Waals surface area contributed by atoms with Crippen molar-refractivity contribution in [1.29, 1.82) is 0 Å². The van der Waals surface area contributed by atoms with Crippen molar-refractivity contribution in [2.75, 3.05) is 6.54 Å². The zero-order chi connectivity index (χ0) is 11.2. The van der Waals surface area contributed by atoms with Gasteiger partial charge in [-0.3, -0.25) is 0 Å². The molecule has 2 N–H and O–H groups in total. The van der Waals surface area contributed by atoms with Crippen LogP contribution < -0.4 is 5.73 Å². The van der Waals surface area contributed by atoms with Gasteiger partial charge < -0.3 is 5.73 Å². The van der Waals surface area contributed by atoms with Gasteiger partial charge in [0.1, 0.15) is 5.82 Å². The molecule has 2 rings (SSSR count). The Morgan fingerprint density at radius 1 is 1.40 bits per heavy atom. The molecule has 0 radical (unpaired) electrons. The molecule has 1 aliphatic rings. The number of nitrogens with two attached hydrogens (primary N) is 1. The lowest BCUT2D eigenvalue weighted by Gasteiger charge is -2.20. The van der Waals surface area contributed by atoms with Gasteiger partial charge in [0.05, 0.1) is 0 Å². The van der Waals surface area contributed by atoms with Crippen molar-refractivity contribution in [3.8, 4) is 0 Å². The second-order valence-electron chi connectivity index (χ2n) is 4.45. The molecule has 0 unspecified atom stereocenters. The molecule has 0 amide bonds. The van der Waals surface area contributed by atoms with Crippen LogP contribution in [0.15, 0.2) is 10.5 Å². The first kappa shape index (κ1) is 11.1. The van der Waals surface area contributed by atoms with Gasteiger partial charge in [0, 0.05) is 16.4 Å². The average molecular weight is 272 g/mol. The summed E-state index contributed by atoms with van der Waals surface area (Å²) in [5.41, 5.74) is 8.88. The van der Waals surface area contributed by atoms with Gasteiger partial charge in [-0.15, -0.1) is 0 Å². The molecule has 1 aromatic carbocycles. The van der Waals surface area contributed by atoms with Crippen molar-refractivity contribution in [2.45, 2.75) is 32.1 Å². The molecule has 0 bridgehead atoms. The topological polar surface area (TPSA) is 26.0 Å². The smallest absolute Gasteiger partial charge is 0.127 e. The SMILES string of the molecule is Cc1c(F)cc(Br)c(C)c1C1(CN)CC1. The van der Waals surface area contributed by atoms with Crippen LogP contribution in [0.2, 0.25) is 0 Å². The number of hydrogen-bond acceptors (Lipinski definition) is 1. The molecule has 0 saturated heterocycles. The summed E-state index contributed by atoms with van der Waals surface area (Å²) in [6.45, 7) is 4.49. The summed E-state index contributed by atoms with van der Waals surface area (Å²) < 4.78 is 14.5. The van der Waals surface area contributed by atoms with Crippen LogP contribution in [0.4, 0.5) is 4.39 Å². The second kappa shape index (κ2) is 3.56. The minimum atomic E-state index is -0.137. The molecule has 0 spiro atoms. The number of benzene rings is 1. The Morgan fingerprint density at radius 3 is 2.47 bits per heavy atom. The Morgan fingerprint density at radius 2 is 2.00 bits per heavy atom. The molecule has 1 aliphatic carbocycles. The molecule has 82 valence electrons.